The molecule has 5 heteroatoms. The molecule has 0 spiro atoms. The Morgan fingerprint density at radius 2 is 2.24 bits per heavy atom. The molecular formula is C12H21NO4. The Balaban J connectivity index is 2.57. The molecule has 1 heterocycles. The third-order valence-corrected chi connectivity index (χ3v) is 3.18. The summed E-state index contributed by atoms with van der Waals surface area (Å²) in [4.78, 5) is 24.4. The van der Waals surface area contributed by atoms with E-state index in [2.05, 4.69) is 0 Å². The molecule has 1 aliphatic heterocycles. The van der Waals surface area contributed by atoms with Gasteiger partial charge in [-0.25, -0.2) is 0 Å². The van der Waals surface area contributed by atoms with Crippen LogP contribution in [-0.4, -0.2) is 47.7 Å². The minimum absolute atomic E-state index is 0.0355. The van der Waals surface area contributed by atoms with Crippen LogP contribution in [0.15, 0.2) is 0 Å². The second-order valence-electron chi connectivity index (χ2n) is 4.63. The van der Waals surface area contributed by atoms with Crippen molar-refractivity contribution in [3.63, 3.8) is 0 Å². The van der Waals surface area contributed by atoms with Crippen LogP contribution in [0.25, 0.3) is 0 Å². The van der Waals surface area contributed by atoms with Gasteiger partial charge in [-0.15, -0.1) is 0 Å². The highest BCUT2D eigenvalue weighted by Crippen LogP contribution is 2.16. The van der Waals surface area contributed by atoms with Gasteiger partial charge >= 0.3 is 5.97 Å². The van der Waals surface area contributed by atoms with Gasteiger partial charge in [-0.1, -0.05) is 20.3 Å². The summed E-state index contributed by atoms with van der Waals surface area (Å²) in [5.41, 5.74) is 0. The maximum absolute atomic E-state index is 12.0. The van der Waals surface area contributed by atoms with Gasteiger partial charge in [0.05, 0.1) is 25.7 Å². The fourth-order valence-corrected chi connectivity index (χ4v) is 1.91. The molecule has 17 heavy (non-hydrogen) atoms. The minimum atomic E-state index is -0.887. The number of carbonyl (C=O) groups is 2. The normalized spacial score (nSPS) is 22.2. The van der Waals surface area contributed by atoms with E-state index in [0.717, 1.165) is 6.42 Å². The first-order valence-electron chi connectivity index (χ1n) is 6.13. The number of carboxylic acids is 1. The Morgan fingerprint density at radius 1 is 1.53 bits per heavy atom. The second kappa shape index (κ2) is 6.59. The number of ether oxygens (including phenoxy) is 1. The van der Waals surface area contributed by atoms with Crippen molar-refractivity contribution in [2.45, 2.75) is 39.2 Å². The summed E-state index contributed by atoms with van der Waals surface area (Å²) in [7, 11) is 0. The van der Waals surface area contributed by atoms with Crippen LogP contribution in [0.3, 0.4) is 0 Å². The molecule has 1 saturated heterocycles. The molecule has 5 nitrogen and oxygen atoms in total. The smallest absolute Gasteiger partial charge is 0.305 e. The van der Waals surface area contributed by atoms with E-state index >= 15 is 0 Å². The highest BCUT2D eigenvalue weighted by Gasteiger charge is 2.29. The predicted molar refractivity (Wildman–Crippen MR) is 62.6 cm³/mol. The van der Waals surface area contributed by atoms with Crippen molar-refractivity contribution in [1.29, 1.82) is 0 Å². The minimum Gasteiger partial charge on any atom is -0.481 e. The van der Waals surface area contributed by atoms with Crippen LogP contribution < -0.4 is 0 Å². The van der Waals surface area contributed by atoms with E-state index < -0.39 is 5.97 Å². The number of aliphatic carboxylic acids is 1. The van der Waals surface area contributed by atoms with Gasteiger partial charge in [0, 0.05) is 13.0 Å². The summed E-state index contributed by atoms with van der Waals surface area (Å²) < 4.78 is 5.24. The molecule has 1 rings (SSSR count). The molecule has 0 radical (unpaired) electrons. The molecular weight excluding hydrogens is 222 g/mol. The number of carbonyl (C=O) groups excluding carboxylic acids is 1. The van der Waals surface area contributed by atoms with E-state index in [0.29, 0.717) is 32.1 Å². The highest BCUT2D eigenvalue weighted by molar-refractivity contribution is 5.78. The summed E-state index contributed by atoms with van der Waals surface area (Å²) in [6, 6.07) is -0.308. The first-order chi connectivity index (χ1) is 8.04. The lowest BCUT2D eigenvalue weighted by molar-refractivity contribution is -0.146. The first kappa shape index (κ1) is 14.0. The molecule has 0 aliphatic carbocycles. The Labute approximate surface area is 102 Å². The van der Waals surface area contributed by atoms with E-state index in [1.807, 2.05) is 13.8 Å². The zero-order valence-corrected chi connectivity index (χ0v) is 10.5. The van der Waals surface area contributed by atoms with E-state index in [1.165, 1.54) is 0 Å². The zero-order chi connectivity index (χ0) is 12.8. The summed E-state index contributed by atoms with van der Waals surface area (Å²) in [5.74, 6) is -0.494. The largest absolute Gasteiger partial charge is 0.481 e. The van der Waals surface area contributed by atoms with Gasteiger partial charge in [0.2, 0.25) is 5.91 Å². The number of rotatable bonds is 5. The summed E-state index contributed by atoms with van der Waals surface area (Å²) in [6.45, 7) is 5.42. The van der Waals surface area contributed by atoms with Gasteiger partial charge in [-0.3, -0.25) is 9.59 Å². The molecule has 1 N–H and O–H groups in total. The lowest BCUT2D eigenvalue weighted by Crippen LogP contribution is -2.49. The van der Waals surface area contributed by atoms with Crippen LogP contribution in [0, 0.1) is 5.92 Å². The molecule has 2 atom stereocenters. The van der Waals surface area contributed by atoms with Crippen LogP contribution in [0.5, 0.6) is 0 Å². The number of hydrogen-bond donors (Lipinski definition) is 1. The van der Waals surface area contributed by atoms with E-state index in [1.54, 1.807) is 4.90 Å². The van der Waals surface area contributed by atoms with Crippen molar-refractivity contribution in [2.24, 2.45) is 5.92 Å². The third kappa shape index (κ3) is 4.34. The van der Waals surface area contributed by atoms with Crippen molar-refractivity contribution < 1.29 is 19.4 Å². The number of hydrogen-bond acceptors (Lipinski definition) is 3. The lowest BCUT2D eigenvalue weighted by atomic mass is 10.0. The SMILES string of the molecule is CCC(C)CC(=O)N1CCOCC1CC(=O)O. The molecule has 1 amide bonds. The van der Waals surface area contributed by atoms with Gasteiger partial charge < -0.3 is 14.7 Å². The first-order valence-corrected chi connectivity index (χ1v) is 6.13. The van der Waals surface area contributed by atoms with Crippen LogP contribution in [-0.2, 0) is 14.3 Å². The van der Waals surface area contributed by atoms with E-state index in [9.17, 15) is 9.59 Å². The van der Waals surface area contributed by atoms with Gasteiger partial charge in [-0.2, -0.15) is 0 Å². The van der Waals surface area contributed by atoms with Crippen molar-refractivity contribution in [3.05, 3.63) is 0 Å². The topological polar surface area (TPSA) is 66.8 Å². The van der Waals surface area contributed by atoms with Crippen LogP contribution in [0.1, 0.15) is 33.1 Å². The zero-order valence-electron chi connectivity index (χ0n) is 10.5. The number of nitrogens with zero attached hydrogens (tertiary/aromatic N) is 1. The van der Waals surface area contributed by atoms with Crippen molar-refractivity contribution >= 4 is 11.9 Å². The second-order valence-corrected chi connectivity index (χ2v) is 4.63. The molecule has 0 aromatic heterocycles. The Bertz CT molecular complexity index is 280. The van der Waals surface area contributed by atoms with E-state index in [-0.39, 0.29) is 18.4 Å². The summed E-state index contributed by atoms with van der Waals surface area (Å²) >= 11 is 0. The van der Waals surface area contributed by atoms with Crippen molar-refractivity contribution in [3.8, 4) is 0 Å². The number of amides is 1. The molecule has 1 aliphatic rings. The predicted octanol–water partition coefficient (Wildman–Crippen LogP) is 1.12. The fraction of sp³-hybridized carbons (Fsp3) is 0.833. The van der Waals surface area contributed by atoms with Crippen LogP contribution >= 0.6 is 0 Å². The molecule has 0 aromatic rings. The summed E-state index contributed by atoms with van der Waals surface area (Å²) in [5, 5.41) is 8.80. The van der Waals surface area contributed by atoms with Crippen molar-refractivity contribution in [2.75, 3.05) is 19.8 Å². The lowest BCUT2D eigenvalue weighted by Gasteiger charge is -2.35. The monoisotopic (exact) mass is 243 g/mol. The number of carboxylic acid groups (broad SMARTS) is 1. The number of morpholine rings is 1. The summed E-state index contributed by atoms with van der Waals surface area (Å²) in [6.07, 6.45) is 1.42. The van der Waals surface area contributed by atoms with Crippen LogP contribution in [0.2, 0.25) is 0 Å². The Kier molecular flexibility index (Phi) is 5.41. The molecule has 98 valence electrons. The van der Waals surface area contributed by atoms with Crippen LogP contribution in [0.4, 0.5) is 0 Å². The van der Waals surface area contributed by atoms with Gasteiger partial charge in [0.1, 0.15) is 0 Å². The molecule has 0 aromatic carbocycles. The van der Waals surface area contributed by atoms with Gasteiger partial charge in [0.15, 0.2) is 0 Å². The Morgan fingerprint density at radius 3 is 2.82 bits per heavy atom. The van der Waals surface area contributed by atoms with Gasteiger partial charge in [0.25, 0.3) is 0 Å². The molecule has 0 saturated carbocycles. The van der Waals surface area contributed by atoms with Gasteiger partial charge in [-0.05, 0) is 5.92 Å². The maximum Gasteiger partial charge on any atom is 0.305 e. The highest BCUT2D eigenvalue weighted by atomic mass is 16.5. The molecule has 2 unspecified atom stereocenters. The molecule has 0 bridgehead atoms. The quantitative estimate of drug-likeness (QED) is 0.786. The average Bonchev–Trinajstić information content (AvgIpc) is 2.28. The van der Waals surface area contributed by atoms with E-state index in [4.69, 9.17) is 9.84 Å². The van der Waals surface area contributed by atoms with Crippen molar-refractivity contribution in [1.82, 2.24) is 4.90 Å². The third-order valence-electron chi connectivity index (χ3n) is 3.18. The maximum atomic E-state index is 12.0. The molecule has 1 fully saturated rings. The fourth-order valence-electron chi connectivity index (χ4n) is 1.91. The standard InChI is InChI=1S/C12H21NO4/c1-3-9(2)6-11(14)13-4-5-17-8-10(13)7-12(15)16/h9-10H,3-8H2,1-2H3,(H,15,16). The average molecular weight is 243 g/mol. The Hall–Kier alpha value is -1.10.